The maximum absolute atomic E-state index is 11.4. The van der Waals surface area contributed by atoms with Gasteiger partial charge in [0.05, 0.1) is 0 Å². The average molecular weight is 214 g/mol. The van der Waals surface area contributed by atoms with Crippen LogP contribution in [-0.2, 0) is 4.79 Å². The number of amides is 1. The van der Waals surface area contributed by atoms with E-state index in [9.17, 15) is 4.79 Å². The van der Waals surface area contributed by atoms with Gasteiger partial charge >= 0.3 is 0 Å². The van der Waals surface area contributed by atoms with Crippen LogP contribution in [0.3, 0.4) is 0 Å². The highest BCUT2D eigenvalue weighted by molar-refractivity contribution is 5.76. The number of nitrogens with two attached hydrogens (primary N) is 1. The second-order valence-electron chi connectivity index (χ2n) is 4.21. The zero-order valence-electron chi connectivity index (χ0n) is 10.2. The summed E-state index contributed by atoms with van der Waals surface area (Å²) < 4.78 is 0. The summed E-state index contributed by atoms with van der Waals surface area (Å²) in [5.74, 6) is 0.174. The molecule has 1 unspecified atom stereocenters. The fourth-order valence-corrected chi connectivity index (χ4v) is 1.56. The van der Waals surface area contributed by atoms with Crippen LogP contribution in [0, 0.1) is 0 Å². The Bertz CT molecular complexity index is 160. The fraction of sp³-hybridized carbons (Fsp3) is 0.917. The second kappa shape index (κ2) is 9.97. The Morgan fingerprint density at radius 1 is 1.27 bits per heavy atom. The molecule has 0 aliphatic rings. The molecule has 0 rings (SSSR count). The lowest BCUT2D eigenvalue weighted by Crippen LogP contribution is -2.33. The van der Waals surface area contributed by atoms with E-state index in [0.717, 1.165) is 12.8 Å². The summed E-state index contributed by atoms with van der Waals surface area (Å²) in [4.78, 5) is 11.4. The molecule has 0 aromatic heterocycles. The molecule has 0 heterocycles. The Hall–Kier alpha value is -0.570. The molecule has 0 fully saturated rings. The van der Waals surface area contributed by atoms with E-state index in [1.807, 2.05) is 6.92 Å². The van der Waals surface area contributed by atoms with Crippen molar-refractivity contribution in [1.29, 1.82) is 0 Å². The largest absolute Gasteiger partial charge is 0.354 e. The molecule has 1 atom stereocenters. The van der Waals surface area contributed by atoms with E-state index in [4.69, 9.17) is 5.73 Å². The van der Waals surface area contributed by atoms with Gasteiger partial charge in [-0.05, 0) is 26.3 Å². The van der Waals surface area contributed by atoms with Crippen LogP contribution in [-0.4, -0.2) is 18.5 Å². The lowest BCUT2D eigenvalue weighted by atomic mass is 10.1. The predicted octanol–water partition coefficient (Wildman–Crippen LogP) is 2.20. The zero-order chi connectivity index (χ0) is 11.5. The monoisotopic (exact) mass is 214 g/mol. The van der Waals surface area contributed by atoms with E-state index in [-0.39, 0.29) is 11.9 Å². The van der Waals surface area contributed by atoms with E-state index >= 15 is 0 Å². The van der Waals surface area contributed by atoms with Gasteiger partial charge in [-0.1, -0.05) is 32.6 Å². The van der Waals surface area contributed by atoms with Crippen molar-refractivity contribution in [2.24, 2.45) is 5.73 Å². The molecule has 3 nitrogen and oxygen atoms in total. The molecule has 0 aliphatic heterocycles. The summed E-state index contributed by atoms with van der Waals surface area (Å²) >= 11 is 0. The summed E-state index contributed by atoms with van der Waals surface area (Å²) in [7, 11) is 0. The van der Waals surface area contributed by atoms with Crippen molar-refractivity contribution in [3.63, 3.8) is 0 Å². The number of hydrogen-bond acceptors (Lipinski definition) is 2. The molecule has 0 saturated carbocycles. The topological polar surface area (TPSA) is 55.1 Å². The van der Waals surface area contributed by atoms with E-state index in [1.54, 1.807) is 0 Å². The summed E-state index contributed by atoms with van der Waals surface area (Å²) in [6, 6.07) is 0.221. The highest BCUT2D eigenvalue weighted by Crippen LogP contribution is 2.04. The molecule has 1 amide bonds. The fourth-order valence-electron chi connectivity index (χ4n) is 1.56. The van der Waals surface area contributed by atoms with Crippen molar-refractivity contribution in [1.82, 2.24) is 5.32 Å². The van der Waals surface area contributed by atoms with Crippen LogP contribution >= 0.6 is 0 Å². The highest BCUT2D eigenvalue weighted by atomic mass is 16.1. The molecule has 0 aromatic rings. The molecule has 0 aromatic carbocycles. The Balaban J connectivity index is 3.32. The summed E-state index contributed by atoms with van der Waals surface area (Å²) in [6.45, 7) is 4.83. The van der Waals surface area contributed by atoms with Gasteiger partial charge in [0.2, 0.25) is 5.91 Å². The first kappa shape index (κ1) is 14.4. The smallest absolute Gasteiger partial charge is 0.220 e. The first-order chi connectivity index (χ1) is 7.20. The molecular formula is C12H26N2O. The first-order valence-corrected chi connectivity index (χ1v) is 6.20. The number of hydrogen-bond donors (Lipinski definition) is 2. The van der Waals surface area contributed by atoms with Gasteiger partial charge < -0.3 is 11.1 Å². The standard InChI is InChI=1S/C12H26N2O/c1-3-4-5-6-7-8-12(15)14-11(2)9-10-13/h11H,3-10,13H2,1-2H3,(H,14,15). The summed E-state index contributed by atoms with van der Waals surface area (Å²) in [6.07, 6.45) is 7.50. The molecular weight excluding hydrogens is 188 g/mol. The third-order valence-electron chi connectivity index (χ3n) is 2.51. The number of unbranched alkanes of at least 4 members (excludes halogenated alkanes) is 4. The molecule has 0 bridgehead atoms. The Morgan fingerprint density at radius 2 is 1.93 bits per heavy atom. The van der Waals surface area contributed by atoms with Crippen molar-refractivity contribution in [3.8, 4) is 0 Å². The Labute approximate surface area is 93.8 Å². The highest BCUT2D eigenvalue weighted by Gasteiger charge is 2.05. The van der Waals surface area contributed by atoms with Gasteiger partial charge in [-0.25, -0.2) is 0 Å². The average Bonchev–Trinajstić information content (AvgIpc) is 2.17. The minimum Gasteiger partial charge on any atom is -0.354 e. The van der Waals surface area contributed by atoms with Crippen molar-refractivity contribution in [2.45, 2.75) is 64.8 Å². The normalized spacial score (nSPS) is 12.5. The van der Waals surface area contributed by atoms with Crippen LogP contribution < -0.4 is 11.1 Å². The van der Waals surface area contributed by atoms with Crippen LogP contribution in [0.1, 0.15) is 58.8 Å². The molecule has 0 radical (unpaired) electrons. The summed E-state index contributed by atoms with van der Waals surface area (Å²) in [5, 5.41) is 2.95. The third kappa shape index (κ3) is 9.73. The second-order valence-corrected chi connectivity index (χ2v) is 4.21. The lowest BCUT2D eigenvalue weighted by molar-refractivity contribution is -0.121. The molecule has 0 saturated heterocycles. The maximum Gasteiger partial charge on any atom is 0.220 e. The van der Waals surface area contributed by atoms with E-state index in [0.29, 0.717) is 13.0 Å². The number of rotatable bonds is 9. The maximum atomic E-state index is 11.4. The minimum absolute atomic E-state index is 0.174. The van der Waals surface area contributed by atoms with Gasteiger partial charge in [0.1, 0.15) is 0 Å². The van der Waals surface area contributed by atoms with Crippen molar-refractivity contribution in [3.05, 3.63) is 0 Å². The molecule has 3 heteroatoms. The van der Waals surface area contributed by atoms with Crippen molar-refractivity contribution < 1.29 is 4.79 Å². The van der Waals surface area contributed by atoms with Crippen LogP contribution in [0.4, 0.5) is 0 Å². The number of nitrogens with one attached hydrogen (secondary N) is 1. The van der Waals surface area contributed by atoms with E-state index < -0.39 is 0 Å². The van der Waals surface area contributed by atoms with E-state index in [2.05, 4.69) is 12.2 Å². The van der Waals surface area contributed by atoms with Gasteiger partial charge in [0.15, 0.2) is 0 Å². The lowest BCUT2D eigenvalue weighted by Gasteiger charge is -2.12. The quantitative estimate of drug-likeness (QED) is 0.578. The number of carbonyl (C=O) groups excluding carboxylic acids is 1. The summed E-state index contributed by atoms with van der Waals surface area (Å²) in [5.41, 5.74) is 5.41. The van der Waals surface area contributed by atoms with Crippen LogP contribution in [0.15, 0.2) is 0 Å². The molecule has 90 valence electrons. The molecule has 3 N–H and O–H groups in total. The zero-order valence-corrected chi connectivity index (χ0v) is 10.2. The van der Waals surface area contributed by atoms with Crippen LogP contribution in [0.5, 0.6) is 0 Å². The van der Waals surface area contributed by atoms with Gasteiger partial charge in [0, 0.05) is 12.5 Å². The minimum atomic E-state index is 0.174. The predicted molar refractivity (Wildman–Crippen MR) is 64.7 cm³/mol. The van der Waals surface area contributed by atoms with Gasteiger partial charge in [-0.15, -0.1) is 0 Å². The molecule has 15 heavy (non-hydrogen) atoms. The van der Waals surface area contributed by atoms with Gasteiger partial charge in [-0.2, -0.15) is 0 Å². The third-order valence-corrected chi connectivity index (χ3v) is 2.51. The number of carbonyl (C=O) groups is 1. The van der Waals surface area contributed by atoms with Crippen molar-refractivity contribution in [2.75, 3.05) is 6.54 Å². The van der Waals surface area contributed by atoms with Crippen LogP contribution in [0.2, 0.25) is 0 Å². The van der Waals surface area contributed by atoms with E-state index in [1.165, 1.54) is 25.7 Å². The van der Waals surface area contributed by atoms with Crippen LogP contribution in [0.25, 0.3) is 0 Å². The van der Waals surface area contributed by atoms with Crippen molar-refractivity contribution >= 4 is 5.91 Å². The Kier molecular flexibility index (Phi) is 9.59. The van der Waals surface area contributed by atoms with Gasteiger partial charge in [-0.3, -0.25) is 4.79 Å². The van der Waals surface area contributed by atoms with Gasteiger partial charge in [0.25, 0.3) is 0 Å². The molecule has 0 spiro atoms. The SMILES string of the molecule is CCCCCCCC(=O)NC(C)CCN. The molecule has 0 aliphatic carbocycles. The Morgan fingerprint density at radius 3 is 2.53 bits per heavy atom. The first-order valence-electron chi connectivity index (χ1n) is 6.20.